The molecule has 2 unspecified atom stereocenters. The van der Waals surface area contributed by atoms with Crippen LogP contribution in [0.15, 0.2) is 35.3 Å². The van der Waals surface area contributed by atoms with Gasteiger partial charge in [0.25, 0.3) is 6.43 Å². The first-order chi connectivity index (χ1) is 8.53. The molecule has 0 aliphatic rings. The molecule has 0 aliphatic heterocycles. The van der Waals surface area contributed by atoms with Gasteiger partial charge in [-0.15, -0.1) is 0 Å². The molecule has 0 fully saturated rings. The normalized spacial score (nSPS) is 17.0. The maximum Gasteiger partial charge on any atom is 0.261 e. The van der Waals surface area contributed by atoms with Gasteiger partial charge in [-0.25, -0.2) is 8.78 Å². The third-order valence-electron chi connectivity index (χ3n) is 2.72. The Hall–Kier alpha value is -1.33. The minimum atomic E-state index is -2.61. The molecule has 2 atom stereocenters. The molecule has 1 aromatic rings. The maximum atomic E-state index is 13.0. The van der Waals surface area contributed by atoms with Gasteiger partial charge in [0.05, 0.1) is 12.6 Å². The van der Waals surface area contributed by atoms with Crippen molar-refractivity contribution in [3.05, 3.63) is 35.9 Å². The van der Waals surface area contributed by atoms with Crippen molar-refractivity contribution in [2.75, 3.05) is 13.7 Å². The van der Waals surface area contributed by atoms with E-state index in [1.165, 1.54) is 20.2 Å². The molecule has 0 saturated carbocycles. The van der Waals surface area contributed by atoms with Gasteiger partial charge in [-0.05, 0) is 12.5 Å². The summed E-state index contributed by atoms with van der Waals surface area (Å²) in [7, 11) is 1.44. The fraction of sp³-hybridized carbons (Fsp3) is 0.462. The number of aliphatic hydroxyl groups excluding tert-OH is 1. The van der Waals surface area contributed by atoms with Crippen LogP contribution in [-0.2, 0) is 0 Å². The summed E-state index contributed by atoms with van der Waals surface area (Å²) in [5.41, 5.74) is -0.797. The molecule has 0 radical (unpaired) electrons. The number of rotatable bonds is 6. The third-order valence-corrected chi connectivity index (χ3v) is 2.72. The van der Waals surface area contributed by atoms with Gasteiger partial charge in [-0.1, -0.05) is 30.3 Å². The molecule has 1 aromatic carbocycles. The van der Waals surface area contributed by atoms with E-state index >= 15 is 0 Å². The van der Waals surface area contributed by atoms with E-state index in [0.717, 1.165) is 5.56 Å². The molecule has 0 amide bonds. The minimum Gasteiger partial charge on any atom is -0.394 e. The Morgan fingerprint density at radius 1 is 1.39 bits per heavy atom. The number of aliphatic hydroxyl groups is 1. The van der Waals surface area contributed by atoms with Gasteiger partial charge in [0.15, 0.2) is 0 Å². The number of nitrogens with one attached hydrogen (secondary N) is 1. The second kappa shape index (κ2) is 6.56. The average molecular weight is 256 g/mol. The van der Waals surface area contributed by atoms with Crippen molar-refractivity contribution in [2.45, 2.75) is 24.9 Å². The van der Waals surface area contributed by atoms with Crippen LogP contribution >= 0.6 is 0 Å². The molecule has 0 spiro atoms. The van der Waals surface area contributed by atoms with E-state index in [-0.39, 0.29) is 6.61 Å². The van der Waals surface area contributed by atoms with Crippen LogP contribution in [-0.4, -0.2) is 36.9 Å². The molecule has 0 bridgehead atoms. The van der Waals surface area contributed by atoms with Crippen LogP contribution in [0.1, 0.15) is 18.5 Å². The summed E-state index contributed by atoms with van der Waals surface area (Å²) >= 11 is 0. The smallest absolute Gasteiger partial charge is 0.261 e. The Balaban J connectivity index is 2.91. The summed E-state index contributed by atoms with van der Waals surface area (Å²) in [5.74, 6) is 0. The van der Waals surface area contributed by atoms with Crippen LogP contribution in [0, 0.1) is 0 Å². The summed E-state index contributed by atoms with van der Waals surface area (Å²) in [6.45, 7) is 1.10. The Morgan fingerprint density at radius 3 is 2.44 bits per heavy atom. The molecular weight excluding hydrogens is 238 g/mol. The van der Waals surface area contributed by atoms with E-state index in [1.54, 1.807) is 24.3 Å². The second-order valence-corrected chi connectivity index (χ2v) is 4.26. The fourth-order valence-electron chi connectivity index (χ4n) is 1.72. The number of benzene rings is 1. The van der Waals surface area contributed by atoms with Crippen LogP contribution in [0.5, 0.6) is 0 Å². The zero-order chi connectivity index (χ0) is 13.6. The summed E-state index contributed by atoms with van der Waals surface area (Å²) < 4.78 is 26.1. The van der Waals surface area contributed by atoms with Crippen LogP contribution < -0.4 is 5.32 Å². The van der Waals surface area contributed by atoms with Crippen molar-refractivity contribution in [3.8, 4) is 0 Å². The van der Waals surface area contributed by atoms with Gasteiger partial charge in [0.2, 0.25) is 0 Å². The van der Waals surface area contributed by atoms with Crippen molar-refractivity contribution in [1.82, 2.24) is 5.32 Å². The van der Waals surface area contributed by atoms with E-state index in [0.29, 0.717) is 0 Å². The van der Waals surface area contributed by atoms with Crippen LogP contribution in [0.3, 0.4) is 0 Å². The lowest BCUT2D eigenvalue weighted by molar-refractivity contribution is 0.0665. The highest BCUT2D eigenvalue weighted by Gasteiger charge is 2.35. The molecule has 3 nitrogen and oxygen atoms in total. The molecule has 1 rings (SSSR count). The van der Waals surface area contributed by atoms with E-state index < -0.39 is 18.0 Å². The van der Waals surface area contributed by atoms with Crippen LogP contribution in [0.25, 0.3) is 0 Å². The minimum absolute atomic E-state index is 0.260. The molecule has 0 saturated heterocycles. The van der Waals surface area contributed by atoms with Crippen LogP contribution in [0.2, 0.25) is 0 Å². The van der Waals surface area contributed by atoms with E-state index in [9.17, 15) is 13.9 Å². The predicted molar refractivity (Wildman–Crippen MR) is 68.2 cm³/mol. The first-order valence-electron chi connectivity index (χ1n) is 5.68. The van der Waals surface area contributed by atoms with Gasteiger partial charge in [-0.2, -0.15) is 0 Å². The predicted octanol–water partition coefficient (Wildman–Crippen LogP) is 2.03. The number of hydrogen-bond donors (Lipinski definition) is 2. The van der Waals surface area contributed by atoms with Crippen molar-refractivity contribution in [2.24, 2.45) is 4.99 Å². The summed E-state index contributed by atoms with van der Waals surface area (Å²) in [6.07, 6.45) is -1.44. The van der Waals surface area contributed by atoms with Crippen molar-refractivity contribution < 1.29 is 13.9 Å². The lowest BCUT2D eigenvalue weighted by atomic mass is 10.00. The number of aliphatic imine (C=N–C) groups is 1. The number of alkyl halides is 2. The first-order valence-corrected chi connectivity index (χ1v) is 5.68. The average Bonchev–Trinajstić information content (AvgIpc) is 2.37. The quantitative estimate of drug-likeness (QED) is 0.765. The maximum absolute atomic E-state index is 13.0. The molecule has 18 heavy (non-hydrogen) atoms. The highest BCUT2D eigenvalue weighted by Crippen LogP contribution is 2.20. The highest BCUT2D eigenvalue weighted by molar-refractivity contribution is 5.70. The van der Waals surface area contributed by atoms with Gasteiger partial charge >= 0.3 is 0 Å². The zero-order valence-corrected chi connectivity index (χ0v) is 10.5. The largest absolute Gasteiger partial charge is 0.394 e. The molecule has 0 aliphatic carbocycles. The standard InChI is InChI=1S/C13H18F2N2O/c1-13(9-16-2,12(14)15)17-11(8-18)10-6-4-3-5-7-10/h3-7,9,11-12,17-18H,8H2,1-2H3. The fourth-order valence-corrected chi connectivity index (χ4v) is 1.72. The Morgan fingerprint density at radius 2 is 2.00 bits per heavy atom. The Labute approximate surface area is 106 Å². The second-order valence-electron chi connectivity index (χ2n) is 4.26. The number of halogens is 2. The van der Waals surface area contributed by atoms with Crippen LogP contribution in [0.4, 0.5) is 8.78 Å². The van der Waals surface area contributed by atoms with Crippen molar-refractivity contribution >= 4 is 6.21 Å². The lowest BCUT2D eigenvalue weighted by Crippen LogP contribution is -2.52. The number of nitrogens with zero attached hydrogens (tertiary/aromatic N) is 1. The molecule has 100 valence electrons. The third kappa shape index (κ3) is 3.58. The summed E-state index contributed by atoms with van der Waals surface area (Å²) in [6, 6.07) is 8.44. The molecule has 0 heterocycles. The summed E-state index contributed by atoms with van der Waals surface area (Å²) in [4.78, 5) is 3.66. The zero-order valence-electron chi connectivity index (χ0n) is 10.5. The van der Waals surface area contributed by atoms with Crippen molar-refractivity contribution in [1.29, 1.82) is 0 Å². The Bertz CT molecular complexity index is 384. The Kier molecular flexibility index (Phi) is 5.37. The van der Waals surface area contributed by atoms with Crippen molar-refractivity contribution in [3.63, 3.8) is 0 Å². The molecule has 5 heteroatoms. The molecular formula is C13H18F2N2O. The van der Waals surface area contributed by atoms with E-state index in [1.807, 2.05) is 6.07 Å². The lowest BCUT2D eigenvalue weighted by Gasteiger charge is -2.30. The SMILES string of the molecule is CN=CC(C)(NC(CO)c1ccccc1)C(F)F. The summed E-state index contributed by atoms with van der Waals surface area (Å²) in [5, 5.41) is 12.1. The van der Waals surface area contributed by atoms with Gasteiger partial charge in [-0.3, -0.25) is 10.3 Å². The van der Waals surface area contributed by atoms with Gasteiger partial charge < -0.3 is 5.11 Å². The monoisotopic (exact) mass is 256 g/mol. The molecule has 2 N–H and O–H groups in total. The van der Waals surface area contributed by atoms with E-state index in [2.05, 4.69) is 10.3 Å². The van der Waals surface area contributed by atoms with Gasteiger partial charge in [0, 0.05) is 13.3 Å². The first kappa shape index (κ1) is 14.7. The number of hydrogen-bond acceptors (Lipinski definition) is 3. The van der Waals surface area contributed by atoms with Gasteiger partial charge in [0.1, 0.15) is 5.54 Å². The highest BCUT2D eigenvalue weighted by atomic mass is 19.3. The topological polar surface area (TPSA) is 44.6 Å². The van der Waals surface area contributed by atoms with E-state index in [4.69, 9.17) is 0 Å². The molecule has 0 aromatic heterocycles.